The van der Waals surface area contributed by atoms with Gasteiger partial charge >= 0.3 is 6.03 Å². The van der Waals surface area contributed by atoms with Crippen LogP contribution in [0.5, 0.6) is 11.5 Å². The highest BCUT2D eigenvalue weighted by atomic mass is 32.1. The Morgan fingerprint density at radius 1 is 1.17 bits per heavy atom. The average Bonchev–Trinajstić information content (AvgIpc) is 3.38. The third-order valence-electron chi connectivity index (χ3n) is 5.43. The lowest BCUT2D eigenvalue weighted by atomic mass is 9.98. The summed E-state index contributed by atoms with van der Waals surface area (Å²) in [6, 6.07) is 7.14. The minimum Gasteiger partial charge on any atom is -0.493 e. The first kappa shape index (κ1) is 19.3. The van der Waals surface area contributed by atoms with Crippen LogP contribution in [0.4, 0.5) is 4.79 Å². The number of rotatable bonds is 6. The lowest BCUT2D eigenvalue weighted by Crippen LogP contribution is -2.45. The summed E-state index contributed by atoms with van der Waals surface area (Å²) in [6.45, 7) is 0.992. The van der Waals surface area contributed by atoms with Crippen molar-refractivity contribution in [3.05, 3.63) is 57.4 Å². The van der Waals surface area contributed by atoms with Crippen LogP contribution >= 0.6 is 11.3 Å². The van der Waals surface area contributed by atoms with Gasteiger partial charge in [0.05, 0.1) is 38.1 Å². The number of methoxy groups -OCH3 is 2. The van der Waals surface area contributed by atoms with E-state index >= 15 is 0 Å². The van der Waals surface area contributed by atoms with E-state index in [-0.39, 0.29) is 11.9 Å². The molecule has 2 aromatic rings. The van der Waals surface area contributed by atoms with Crippen molar-refractivity contribution in [3.8, 4) is 11.5 Å². The molecular weight excluding hydrogens is 390 g/mol. The van der Waals surface area contributed by atoms with E-state index in [1.165, 1.54) is 0 Å². The van der Waals surface area contributed by atoms with Gasteiger partial charge in [-0.1, -0.05) is 6.07 Å². The molecule has 4 rings (SSSR count). The van der Waals surface area contributed by atoms with Gasteiger partial charge in [0.25, 0.3) is 5.91 Å². The molecule has 0 saturated heterocycles. The number of nitrogens with zero attached hydrogens (tertiary/aromatic N) is 2. The Hall–Kier alpha value is -3.00. The third kappa shape index (κ3) is 3.44. The number of urea groups is 1. The number of hydrogen-bond acceptors (Lipinski definition) is 5. The molecule has 1 atom stereocenters. The van der Waals surface area contributed by atoms with Crippen molar-refractivity contribution in [2.75, 3.05) is 34.4 Å². The summed E-state index contributed by atoms with van der Waals surface area (Å²) >= 11 is 1.55. The fourth-order valence-electron chi connectivity index (χ4n) is 3.79. The Morgan fingerprint density at radius 3 is 2.66 bits per heavy atom. The summed E-state index contributed by atoms with van der Waals surface area (Å²) in [5, 5.41) is 6.88. The molecule has 3 amide bonds. The highest BCUT2D eigenvalue weighted by Gasteiger charge is 2.42. The Kier molecular flexibility index (Phi) is 5.19. The fourth-order valence-corrected chi connectivity index (χ4v) is 4.48. The monoisotopic (exact) mass is 413 g/mol. The molecule has 0 spiro atoms. The van der Waals surface area contributed by atoms with Gasteiger partial charge in [-0.3, -0.25) is 9.69 Å². The first-order valence-corrected chi connectivity index (χ1v) is 10.3. The second-order valence-corrected chi connectivity index (χ2v) is 7.80. The zero-order chi connectivity index (χ0) is 20.5. The lowest BCUT2D eigenvalue weighted by Gasteiger charge is -2.30. The SMILES string of the molecule is COc1ccc(CCN2CC3=C(C2=O)[C@H](c2ccsc2)NC(=O)N3C)cc1OC. The molecule has 0 bridgehead atoms. The van der Waals surface area contributed by atoms with Gasteiger partial charge in [-0.15, -0.1) is 0 Å². The maximum Gasteiger partial charge on any atom is 0.322 e. The molecule has 8 heteroatoms. The number of nitrogens with one attached hydrogen (secondary N) is 1. The maximum atomic E-state index is 13.2. The van der Waals surface area contributed by atoms with Crippen molar-refractivity contribution in [1.82, 2.24) is 15.1 Å². The predicted molar refractivity (Wildman–Crippen MR) is 110 cm³/mol. The van der Waals surface area contributed by atoms with Gasteiger partial charge in [0.1, 0.15) is 0 Å². The van der Waals surface area contributed by atoms with Crippen molar-refractivity contribution >= 4 is 23.3 Å². The van der Waals surface area contributed by atoms with Gasteiger partial charge in [0, 0.05) is 13.6 Å². The second-order valence-electron chi connectivity index (χ2n) is 7.02. The van der Waals surface area contributed by atoms with Crippen LogP contribution in [-0.2, 0) is 11.2 Å². The van der Waals surface area contributed by atoms with Gasteiger partial charge in [-0.2, -0.15) is 11.3 Å². The van der Waals surface area contributed by atoms with Crippen LogP contribution in [0.1, 0.15) is 17.2 Å². The van der Waals surface area contributed by atoms with Crippen molar-refractivity contribution < 1.29 is 19.1 Å². The van der Waals surface area contributed by atoms with Crippen molar-refractivity contribution in [1.29, 1.82) is 0 Å². The van der Waals surface area contributed by atoms with E-state index in [9.17, 15) is 9.59 Å². The molecule has 3 heterocycles. The number of amides is 3. The van der Waals surface area contributed by atoms with Crippen LogP contribution in [0.2, 0.25) is 0 Å². The van der Waals surface area contributed by atoms with Crippen molar-refractivity contribution in [2.24, 2.45) is 0 Å². The van der Waals surface area contributed by atoms with E-state index in [1.807, 2.05) is 35.0 Å². The molecule has 152 valence electrons. The molecule has 0 radical (unpaired) electrons. The highest BCUT2D eigenvalue weighted by molar-refractivity contribution is 7.08. The van der Waals surface area contributed by atoms with Crippen LogP contribution in [0.3, 0.4) is 0 Å². The number of carbonyl (C=O) groups excluding carboxylic acids is 2. The van der Waals surface area contributed by atoms with E-state index < -0.39 is 6.04 Å². The Morgan fingerprint density at radius 2 is 1.97 bits per heavy atom. The number of carbonyl (C=O) groups is 2. The summed E-state index contributed by atoms with van der Waals surface area (Å²) in [7, 11) is 4.92. The Labute approximate surface area is 173 Å². The van der Waals surface area contributed by atoms with E-state index in [0.29, 0.717) is 36.6 Å². The molecule has 0 unspecified atom stereocenters. The summed E-state index contributed by atoms with van der Waals surface area (Å²) in [5.41, 5.74) is 3.44. The molecule has 2 aliphatic rings. The fraction of sp³-hybridized carbons (Fsp3) is 0.333. The zero-order valence-electron chi connectivity index (χ0n) is 16.6. The molecule has 1 aromatic heterocycles. The van der Waals surface area contributed by atoms with Gasteiger partial charge < -0.3 is 19.7 Å². The number of thiophene rings is 1. The summed E-state index contributed by atoms with van der Waals surface area (Å²) in [6.07, 6.45) is 0.681. The molecule has 1 N–H and O–H groups in total. The topological polar surface area (TPSA) is 71.1 Å². The van der Waals surface area contributed by atoms with E-state index in [4.69, 9.17) is 9.47 Å². The van der Waals surface area contributed by atoms with Crippen LogP contribution in [-0.4, -0.2) is 56.1 Å². The number of ether oxygens (including phenoxy) is 2. The van der Waals surface area contributed by atoms with Crippen LogP contribution in [0.25, 0.3) is 0 Å². The van der Waals surface area contributed by atoms with Gasteiger partial charge in [-0.05, 0) is 46.5 Å². The minimum atomic E-state index is -0.390. The van der Waals surface area contributed by atoms with Crippen molar-refractivity contribution in [3.63, 3.8) is 0 Å². The molecule has 0 aliphatic carbocycles. The van der Waals surface area contributed by atoms with E-state index in [1.54, 1.807) is 42.4 Å². The molecule has 2 aliphatic heterocycles. The molecule has 29 heavy (non-hydrogen) atoms. The van der Waals surface area contributed by atoms with Crippen molar-refractivity contribution in [2.45, 2.75) is 12.5 Å². The molecule has 7 nitrogen and oxygen atoms in total. The lowest BCUT2D eigenvalue weighted by molar-refractivity contribution is -0.125. The van der Waals surface area contributed by atoms with Crippen LogP contribution in [0.15, 0.2) is 46.3 Å². The largest absolute Gasteiger partial charge is 0.493 e. The van der Waals surface area contributed by atoms with E-state index in [0.717, 1.165) is 16.8 Å². The highest BCUT2D eigenvalue weighted by Crippen LogP contribution is 2.36. The average molecular weight is 413 g/mol. The second kappa shape index (κ2) is 7.79. The normalized spacial score (nSPS) is 18.8. The maximum absolute atomic E-state index is 13.2. The van der Waals surface area contributed by atoms with E-state index in [2.05, 4.69) is 5.32 Å². The van der Waals surface area contributed by atoms with Gasteiger partial charge in [-0.25, -0.2) is 4.79 Å². The summed E-state index contributed by atoms with van der Waals surface area (Å²) in [5.74, 6) is 1.32. The van der Waals surface area contributed by atoms with Crippen LogP contribution < -0.4 is 14.8 Å². The Balaban J connectivity index is 1.52. The quantitative estimate of drug-likeness (QED) is 0.791. The molecule has 0 saturated carbocycles. The summed E-state index contributed by atoms with van der Waals surface area (Å²) < 4.78 is 10.6. The molecular formula is C21H23N3O4S. The predicted octanol–water partition coefficient (Wildman–Crippen LogP) is 2.80. The number of likely N-dealkylation sites (N-methyl/N-ethyl adjacent to an activating group) is 1. The zero-order valence-corrected chi connectivity index (χ0v) is 17.4. The van der Waals surface area contributed by atoms with Gasteiger partial charge in [0.2, 0.25) is 0 Å². The number of benzene rings is 1. The summed E-state index contributed by atoms with van der Waals surface area (Å²) in [4.78, 5) is 28.9. The minimum absolute atomic E-state index is 0.0245. The van der Waals surface area contributed by atoms with Gasteiger partial charge in [0.15, 0.2) is 11.5 Å². The number of hydrogen-bond donors (Lipinski definition) is 1. The smallest absolute Gasteiger partial charge is 0.322 e. The standard InChI is InChI=1S/C21H23N3O4S/c1-23-15-11-24(8-6-13-4-5-16(27-2)17(10-13)28-3)20(25)18(15)19(22-21(23)26)14-7-9-29-12-14/h4-5,7,9-10,12,19H,6,8,11H2,1-3H3,(H,22,26)/t19-/m0/s1. The first-order chi connectivity index (χ1) is 14.0. The Bertz CT molecular complexity index is 970. The molecule has 1 aromatic carbocycles. The first-order valence-electron chi connectivity index (χ1n) is 9.33. The molecule has 0 fully saturated rings. The third-order valence-corrected chi connectivity index (χ3v) is 6.13. The van der Waals surface area contributed by atoms with Crippen LogP contribution in [0, 0.1) is 0 Å².